The van der Waals surface area contributed by atoms with E-state index in [0.29, 0.717) is 23.6 Å². The van der Waals surface area contributed by atoms with Crippen LogP contribution in [-0.4, -0.2) is 64.7 Å². The summed E-state index contributed by atoms with van der Waals surface area (Å²) >= 11 is 3.56. The number of thiazole rings is 1. The van der Waals surface area contributed by atoms with Crippen molar-refractivity contribution in [2.45, 2.75) is 43.4 Å². The van der Waals surface area contributed by atoms with Crippen molar-refractivity contribution in [2.75, 3.05) is 31.1 Å². The Morgan fingerprint density at radius 3 is 3.08 bits per heavy atom. The van der Waals surface area contributed by atoms with Crippen LogP contribution in [-0.2, 0) is 4.74 Å². The molecule has 7 heteroatoms. The van der Waals surface area contributed by atoms with Crippen LogP contribution in [0.25, 0.3) is 0 Å². The van der Waals surface area contributed by atoms with Crippen LogP contribution >= 0.6 is 23.1 Å². The maximum Gasteiger partial charge on any atom is 0.270 e. The standard InChI is InChI=1S/C18H25N3O2S2/c22-17(15-9-25-11-20-15)19-7-13-14-8-21(12-2-5-24-6-3-12)10-18(14)4-1-16(13)23-18/h9,11-14,16H,1-8,10H2,(H,19,22)/t13-,14+,16+,18+/m0/s1. The Bertz CT molecular complexity index is 634. The highest BCUT2D eigenvalue weighted by atomic mass is 32.2. The predicted octanol–water partition coefficient (Wildman–Crippen LogP) is 2.25. The monoisotopic (exact) mass is 379 g/mol. The average Bonchev–Trinajstić information content (AvgIpc) is 3.40. The highest BCUT2D eigenvalue weighted by Gasteiger charge is 2.63. The van der Waals surface area contributed by atoms with E-state index >= 15 is 0 Å². The lowest BCUT2D eigenvalue weighted by molar-refractivity contribution is -0.00150. The molecule has 4 aliphatic rings. The average molecular weight is 380 g/mol. The van der Waals surface area contributed by atoms with Crippen LogP contribution in [0, 0.1) is 11.8 Å². The fourth-order valence-corrected chi connectivity index (χ4v) is 7.07. The highest BCUT2D eigenvalue weighted by molar-refractivity contribution is 7.99. The molecule has 25 heavy (non-hydrogen) atoms. The molecule has 0 unspecified atom stereocenters. The fraction of sp³-hybridized carbons (Fsp3) is 0.778. The number of thioether (sulfide) groups is 1. The Balaban J connectivity index is 1.26. The van der Waals surface area contributed by atoms with E-state index < -0.39 is 0 Å². The molecule has 4 aliphatic heterocycles. The fourth-order valence-electron chi connectivity index (χ4n) is 5.45. The van der Waals surface area contributed by atoms with Crippen molar-refractivity contribution >= 4 is 29.0 Å². The molecular formula is C18H25N3O2S2. The molecule has 1 aromatic heterocycles. The quantitative estimate of drug-likeness (QED) is 0.870. The third-order valence-corrected chi connectivity index (χ3v) is 8.32. The molecule has 1 spiro atoms. The van der Waals surface area contributed by atoms with Gasteiger partial charge in [-0.3, -0.25) is 9.69 Å². The number of carbonyl (C=O) groups is 1. The molecule has 5 rings (SSSR count). The summed E-state index contributed by atoms with van der Waals surface area (Å²) in [5.74, 6) is 3.60. The maximum atomic E-state index is 12.3. The second-order valence-corrected chi connectivity index (χ2v) is 9.83. The minimum Gasteiger partial charge on any atom is -0.370 e. The summed E-state index contributed by atoms with van der Waals surface area (Å²) in [6, 6.07) is 0.745. The molecule has 1 amide bonds. The summed E-state index contributed by atoms with van der Waals surface area (Å²) in [4.78, 5) is 19.1. The molecule has 5 nitrogen and oxygen atoms in total. The number of rotatable bonds is 4. The minimum atomic E-state index is -0.0442. The number of likely N-dealkylation sites (tertiary alicyclic amines) is 1. The molecule has 4 fully saturated rings. The van der Waals surface area contributed by atoms with Gasteiger partial charge in [0.05, 0.1) is 17.2 Å². The van der Waals surface area contributed by atoms with Crippen molar-refractivity contribution in [3.05, 3.63) is 16.6 Å². The van der Waals surface area contributed by atoms with Crippen molar-refractivity contribution in [3.63, 3.8) is 0 Å². The second-order valence-electron chi connectivity index (χ2n) is 7.89. The smallest absolute Gasteiger partial charge is 0.270 e. The van der Waals surface area contributed by atoms with Gasteiger partial charge >= 0.3 is 0 Å². The molecule has 4 atom stereocenters. The number of ether oxygens (including phenoxy) is 1. The van der Waals surface area contributed by atoms with Crippen molar-refractivity contribution in [1.29, 1.82) is 0 Å². The molecule has 1 N–H and O–H groups in total. The first-order chi connectivity index (χ1) is 12.3. The molecule has 5 heterocycles. The summed E-state index contributed by atoms with van der Waals surface area (Å²) in [6.45, 7) is 2.99. The first-order valence-electron chi connectivity index (χ1n) is 9.41. The molecule has 0 saturated carbocycles. The Kier molecular flexibility index (Phi) is 4.31. The maximum absolute atomic E-state index is 12.3. The van der Waals surface area contributed by atoms with Crippen LogP contribution in [0.15, 0.2) is 10.9 Å². The molecule has 0 aliphatic carbocycles. The highest BCUT2D eigenvalue weighted by Crippen LogP contribution is 2.55. The SMILES string of the molecule is O=C(NC[C@H]1[C@H]2CN(C3CCSCC3)C[C@]23CC[C@H]1O3)c1cscn1. The van der Waals surface area contributed by atoms with E-state index in [9.17, 15) is 4.79 Å². The van der Waals surface area contributed by atoms with E-state index in [1.807, 2.05) is 5.38 Å². The zero-order valence-corrected chi connectivity index (χ0v) is 16.0. The van der Waals surface area contributed by atoms with E-state index in [1.54, 1.807) is 5.51 Å². The lowest BCUT2D eigenvalue weighted by Gasteiger charge is -2.32. The summed E-state index contributed by atoms with van der Waals surface area (Å²) < 4.78 is 6.53. The number of nitrogens with one attached hydrogen (secondary N) is 1. The Morgan fingerprint density at radius 2 is 2.28 bits per heavy atom. The van der Waals surface area contributed by atoms with Gasteiger partial charge in [0.15, 0.2) is 0 Å². The van der Waals surface area contributed by atoms with Gasteiger partial charge < -0.3 is 10.1 Å². The molecule has 4 saturated heterocycles. The molecule has 0 radical (unpaired) electrons. The van der Waals surface area contributed by atoms with E-state index in [-0.39, 0.29) is 11.5 Å². The van der Waals surface area contributed by atoms with Crippen LogP contribution in [0.4, 0.5) is 0 Å². The number of fused-ring (bicyclic) bond motifs is 1. The van der Waals surface area contributed by atoms with Crippen LogP contribution < -0.4 is 5.32 Å². The van der Waals surface area contributed by atoms with Gasteiger partial charge in [-0.25, -0.2) is 4.98 Å². The number of hydrogen-bond acceptors (Lipinski definition) is 6. The van der Waals surface area contributed by atoms with E-state index in [1.165, 1.54) is 42.1 Å². The molecule has 1 aromatic rings. The van der Waals surface area contributed by atoms with Gasteiger partial charge in [-0.05, 0) is 37.2 Å². The Labute approximate surface area is 156 Å². The van der Waals surface area contributed by atoms with Crippen molar-refractivity contribution in [2.24, 2.45) is 11.8 Å². The molecule has 0 aromatic carbocycles. The minimum absolute atomic E-state index is 0.0442. The first-order valence-corrected chi connectivity index (χ1v) is 11.5. The van der Waals surface area contributed by atoms with E-state index in [4.69, 9.17) is 4.74 Å². The van der Waals surface area contributed by atoms with Gasteiger partial charge in [0.2, 0.25) is 0 Å². The van der Waals surface area contributed by atoms with Gasteiger partial charge in [-0.15, -0.1) is 11.3 Å². The first kappa shape index (κ1) is 16.5. The second kappa shape index (κ2) is 6.51. The molecule has 2 bridgehead atoms. The summed E-state index contributed by atoms with van der Waals surface area (Å²) in [7, 11) is 0. The topological polar surface area (TPSA) is 54.5 Å². The summed E-state index contributed by atoms with van der Waals surface area (Å²) in [5, 5.41) is 4.93. The van der Waals surface area contributed by atoms with Crippen molar-refractivity contribution in [3.8, 4) is 0 Å². The third-order valence-electron chi connectivity index (χ3n) is 6.68. The largest absolute Gasteiger partial charge is 0.370 e. The van der Waals surface area contributed by atoms with Gasteiger partial charge in [0, 0.05) is 42.9 Å². The third kappa shape index (κ3) is 2.83. The van der Waals surface area contributed by atoms with E-state index in [2.05, 4.69) is 27.0 Å². The Hall–Kier alpha value is -0.630. The predicted molar refractivity (Wildman–Crippen MR) is 100 cm³/mol. The van der Waals surface area contributed by atoms with Crippen LogP contribution in [0.1, 0.15) is 36.2 Å². The molecular weight excluding hydrogens is 354 g/mol. The zero-order chi connectivity index (χ0) is 16.9. The van der Waals surface area contributed by atoms with Crippen LogP contribution in [0.3, 0.4) is 0 Å². The molecule has 136 valence electrons. The van der Waals surface area contributed by atoms with Crippen LogP contribution in [0.2, 0.25) is 0 Å². The summed E-state index contributed by atoms with van der Waals surface area (Å²) in [5.41, 5.74) is 2.32. The van der Waals surface area contributed by atoms with Gasteiger partial charge in [-0.2, -0.15) is 11.8 Å². The number of nitrogens with zero attached hydrogens (tertiary/aromatic N) is 2. The van der Waals surface area contributed by atoms with Crippen LogP contribution in [0.5, 0.6) is 0 Å². The van der Waals surface area contributed by atoms with E-state index in [0.717, 1.165) is 32.1 Å². The summed E-state index contributed by atoms with van der Waals surface area (Å²) in [6.07, 6.45) is 5.34. The Morgan fingerprint density at radius 1 is 1.40 bits per heavy atom. The van der Waals surface area contributed by atoms with Gasteiger partial charge in [0.1, 0.15) is 5.69 Å². The normalized spacial score (nSPS) is 38.2. The van der Waals surface area contributed by atoms with Gasteiger partial charge in [-0.1, -0.05) is 0 Å². The number of aromatic nitrogens is 1. The van der Waals surface area contributed by atoms with Crippen molar-refractivity contribution in [1.82, 2.24) is 15.2 Å². The zero-order valence-electron chi connectivity index (χ0n) is 14.4. The number of amides is 1. The number of carbonyl (C=O) groups excluding carboxylic acids is 1. The lowest BCUT2D eigenvalue weighted by atomic mass is 9.73. The van der Waals surface area contributed by atoms with Crippen molar-refractivity contribution < 1.29 is 9.53 Å². The van der Waals surface area contributed by atoms with Gasteiger partial charge in [0.25, 0.3) is 5.91 Å². The lowest BCUT2D eigenvalue weighted by Crippen LogP contribution is -2.42. The number of hydrogen-bond donors (Lipinski definition) is 1.